The van der Waals surface area contributed by atoms with Crippen molar-refractivity contribution in [1.82, 2.24) is 4.90 Å². The predicted octanol–water partition coefficient (Wildman–Crippen LogP) is 2.38. The van der Waals surface area contributed by atoms with Crippen LogP contribution in [0.4, 0.5) is 4.79 Å². The Morgan fingerprint density at radius 3 is 2.78 bits per heavy atom. The molecular formula is C14H17NO3. The van der Waals surface area contributed by atoms with Gasteiger partial charge in [-0.1, -0.05) is 37.3 Å². The summed E-state index contributed by atoms with van der Waals surface area (Å²) in [5.74, 6) is -0.141. The Kier molecular flexibility index (Phi) is 3.97. The lowest BCUT2D eigenvalue weighted by atomic mass is 10.1. The smallest absolute Gasteiger partial charge is 0.416 e. The molecule has 0 spiro atoms. The third-order valence-corrected chi connectivity index (χ3v) is 2.95. The second-order valence-electron chi connectivity index (χ2n) is 4.45. The van der Waals surface area contributed by atoms with Crippen LogP contribution in [0.25, 0.3) is 0 Å². The number of hydrogen-bond acceptors (Lipinski definition) is 3. The number of hydrogen-bond donors (Lipinski definition) is 0. The number of carbonyl (C=O) groups excluding carboxylic acids is 2. The average molecular weight is 247 g/mol. The predicted molar refractivity (Wildman–Crippen MR) is 67.0 cm³/mol. The van der Waals surface area contributed by atoms with Crippen molar-refractivity contribution in [3.05, 3.63) is 35.9 Å². The number of imide groups is 1. The van der Waals surface area contributed by atoms with Crippen molar-refractivity contribution >= 4 is 12.0 Å². The van der Waals surface area contributed by atoms with Crippen LogP contribution in [0.15, 0.2) is 30.3 Å². The van der Waals surface area contributed by atoms with Crippen LogP contribution in [0, 0.1) is 0 Å². The van der Waals surface area contributed by atoms with E-state index >= 15 is 0 Å². The number of amides is 2. The van der Waals surface area contributed by atoms with E-state index in [1.165, 1.54) is 4.90 Å². The topological polar surface area (TPSA) is 46.6 Å². The minimum Gasteiger partial charge on any atom is -0.444 e. The minimum atomic E-state index is -0.505. The van der Waals surface area contributed by atoms with Gasteiger partial charge in [-0.25, -0.2) is 9.69 Å². The van der Waals surface area contributed by atoms with Crippen LogP contribution in [0.2, 0.25) is 0 Å². The fourth-order valence-corrected chi connectivity index (χ4v) is 2.06. The maximum Gasteiger partial charge on any atom is 0.416 e. The van der Waals surface area contributed by atoms with Gasteiger partial charge in [0, 0.05) is 12.8 Å². The second kappa shape index (κ2) is 5.67. The molecule has 2 amide bonds. The van der Waals surface area contributed by atoms with Gasteiger partial charge in [0.1, 0.15) is 6.10 Å². The van der Waals surface area contributed by atoms with Gasteiger partial charge < -0.3 is 4.74 Å². The maximum absolute atomic E-state index is 11.7. The van der Waals surface area contributed by atoms with E-state index in [1.807, 2.05) is 37.3 Å². The molecule has 1 aromatic rings. The molecule has 18 heavy (non-hydrogen) atoms. The second-order valence-corrected chi connectivity index (χ2v) is 4.45. The zero-order valence-electron chi connectivity index (χ0n) is 10.5. The van der Waals surface area contributed by atoms with Crippen molar-refractivity contribution in [2.45, 2.75) is 32.3 Å². The molecule has 1 aromatic carbocycles. The van der Waals surface area contributed by atoms with Crippen LogP contribution >= 0.6 is 0 Å². The van der Waals surface area contributed by atoms with E-state index < -0.39 is 6.09 Å². The monoisotopic (exact) mass is 247 g/mol. The van der Waals surface area contributed by atoms with Gasteiger partial charge in [-0.15, -0.1) is 0 Å². The van der Waals surface area contributed by atoms with Crippen molar-refractivity contribution in [3.8, 4) is 0 Å². The van der Waals surface area contributed by atoms with Gasteiger partial charge in [-0.05, 0) is 12.0 Å². The van der Waals surface area contributed by atoms with Crippen molar-refractivity contribution in [2.24, 2.45) is 0 Å². The summed E-state index contributed by atoms with van der Waals surface area (Å²) in [6.07, 6.45) is 1.07. The van der Waals surface area contributed by atoms with E-state index in [-0.39, 0.29) is 12.0 Å². The summed E-state index contributed by atoms with van der Waals surface area (Å²) >= 11 is 0. The molecule has 96 valence electrons. The number of benzene rings is 1. The highest BCUT2D eigenvalue weighted by molar-refractivity contribution is 5.93. The standard InChI is InChI=1S/C14H17NO3/c1-2-6-13(16)15-10-12(18-14(15)17)9-11-7-4-3-5-8-11/h3-5,7-8,12H,2,6,9-10H2,1H3/t12-/m1/s1. The fraction of sp³-hybridized carbons (Fsp3) is 0.429. The maximum atomic E-state index is 11.7. The molecule has 1 atom stereocenters. The third kappa shape index (κ3) is 2.88. The van der Waals surface area contributed by atoms with E-state index in [2.05, 4.69) is 0 Å². The van der Waals surface area contributed by atoms with E-state index in [0.29, 0.717) is 19.4 Å². The van der Waals surface area contributed by atoms with Gasteiger partial charge in [0.2, 0.25) is 5.91 Å². The molecule has 0 aromatic heterocycles. The fourth-order valence-electron chi connectivity index (χ4n) is 2.06. The zero-order valence-corrected chi connectivity index (χ0v) is 10.5. The van der Waals surface area contributed by atoms with Gasteiger partial charge in [0.15, 0.2) is 0 Å². The van der Waals surface area contributed by atoms with Gasteiger partial charge >= 0.3 is 6.09 Å². The first-order chi connectivity index (χ1) is 8.70. The van der Waals surface area contributed by atoms with E-state index in [1.54, 1.807) is 0 Å². The summed E-state index contributed by atoms with van der Waals surface area (Å²) < 4.78 is 5.21. The lowest BCUT2D eigenvalue weighted by molar-refractivity contribution is -0.127. The van der Waals surface area contributed by atoms with Crippen LogP contribution in [-0.4, -0.2) is 29.5 Å². The quantitative estimate of drug-likeness (QED) is 0.820. The SMILES string of the molecule is CCCC(=O)N1C[C@@H](Cc2ccccc2)OC1=O. The molecule has 4 heteroatoms. The van der Waals surface area contributed by atoms with Crippen LogP contribution < -0.4 is 0 Å². The Labute approximate surface area is 107 Å². The molecule has 1 saturated heterocycles. The molecular weight excluding hydrogens is 230 g/mol. The lowest BCUT2D eigenvalue weighted by Crippen LogP contribution is -2.32. The Bertz CT molecular complexity index is 430. The summed E-state index contributed by atoms with van der Waals surface area (Å²) in [6.45, 7) is 2.29. The largest absolute Gasteiger partial charge is 0.444 e. The first kappa shape index (κ1) is 12.6. The van der Waals surface area contributed by atoms with Gasteiger partial charge in [0.25, 0.3) is 0 Å². The third-order valence-electron chi connectivity index (χ3n) is 2.95. The van der Waals surface area contributed by atoms with E-state index in [0.717, 1.165) is 12.0 Å². The molecule has 0 saturated carbocycles. The van der Waals surface area contributed by atoms with E-state index in [4.69, 9.17) is 4.74 Å². The molecule has 4 nitrogen and oxygen atoms in total. The van der Waals surface area contributed by atoms with Crippen molar-refractivity contribution in [1.29, 1.82) is 0 Å². The van der Waals surface area contributed by atoms with Crippen molar-refractivity contribution in [2.75, 3.05) is 6.54 Å². The molecule has 1 aliphatic rings. The Hall–Kier alpha value is -1.84. The van der Waals surface area contributed by atoms with Crippen LogP contribution in [0.1, 0.15) is 25.3 Å². The summed E-state index contributed by atoms with van der Waals surface area (Å²) in [5.41, 5.74) is 1.11. The highest BCUT2D eigenvalue weighted by Crippen LogP contribution is 2.17. The molecule has 1 fully saturated rings. The highest BCUT2D eigenvalue weighted by Gasteiger charge is 2.34. The summed E-state index contributed by atoms with van der Waals surface area (Å²) in [5, 5.41) is 0. The summed E-state index contributed by atoms with van der Waals surface area (Å²) in [4.78, 5) is 24.5. The van der Waals surface area contributed by atoms with E-state index in [9.17, 15) is 9.59 Å². The van der Waals surface area contributed by atoms with Crippen LogP contribution in [0.3, 0.4) is 0 Å². The van der Waals surface area contributed by atoms with Crippen molar-refractivity contribution in [3.63, 3.8) is 0 Å². The summed E-state index contributed by atoms with van der Waals surface area (Å²) in [7, 11) is 0. The number of ether oxygens (including phenoxy) is 1. The zero-order chi connectivity index (χ0) is 13.0. The molecule has 0 N–H and O–H groups in total. The lowest BCUT2D eigenvalue weighted by Gasteiger charge is -2.10. The molecule has 2 rings (SSSR count). The number of nitrogens with zero attached hydrogens (tertiary/aromatic N) is 1. The number of cyclic esters (lactones) is 1. The molecule has 1 aliphatic heterocycles. The number of rotatable bonds is 4. The average Bonchev–Trinajstić information content (AvgIpc) is 2.72. The molecule has 0 unspecified atom stereocenters. The minimum absolute atomic E-state index is 0.141. The summed E-state index contributed by atoms with van der Waals surface area (Å²) in [6, 6.07) is 9.83. The first-order valence-electron chi connectivity index (χ1n) is 6.25. The van der Waals surface area contributed by atoms with Crippen LogP contribution in [-0.2, 0) is 16.0 Å². The first-order valence-corrected chi connectivity index (χ1v) is 6.25. The molecule has 1 heterocycles. The Balaban J connectivity index is 1.94. The molecule has 0 aliphatic carbocycles. The van der Waals surface area contributed by atoms with Gasteiger partial charge in [0.05, 0.1) is 6.54 Å². The van der Waals surface area contributed by atoms with Crippen LogP contribution in [0.5, 0.6) is 0 Å². The highest BCUT2D eigenvalue weighted by atomic mass is 16.6. The normalized spacial score (nSPS) is 18.8. The van der Waals surface area contributed by atoms with Crippen molar-refractivity contribution < 1.29 is 14.3 Å². The Morgan fingerprint density at radius 1 is 1.39 bits per heavy atom. The molecule has 0 radical (unpaired) electrons. The number of carbonyl (C=O) groups is 2. The van der Waals surface area contributed by atoms with Gasteiger partial charge in [-0.3, -0.25) is 4.79 Å². The van der Waals surface area contributed by atoms with Gasteiger partial charge in [-0.2, -0.15) is 0 Å². The Morgan fingerprint density at radius 2 is 2.11 bits per heavy atom. The molecule has 0 bridgehead atoms.